The van der Waals surface area contributed by atoms with Gasteiger partial charge in [0.1, 0.15) is 11.5 Å². The lowest BCUT2D eigenvalue weighted by atomic mass is 10.00. The minimum atomic E-state index is 0.158. The summed E-state index contributed by atoms with van der Waals surface area (Å²) in [4.78, 5) is 4.40. The molecule has 0 amide bonds. The highest BCUT2D eigenvalue weighted by molar-refractivity contribution is 5.33. The van der Waals surface area contributed by atoms with Crippen LogP contribution in [0.1, 0.15) is 47.7 Å². The minimum Gasteiger partial charge on any atom is -0.466 e. The normalized spacial score (nSPS) is 12.6. The monoisotopic (exact) mass is 258 g/mol. The zero-order valence-electron chi connectivity index (χ0n) is 12.2. The predicted octanol–water partition coefficient (Wildman–Crippen LogP) is 3.69. The number of aromatic nitrogens is 1. The van der Waals surface area contributed by atoms with Gasteiger partial charge in [-0.2, -0.15) is 0 Å². The van der Waals surface area contributed by atoms with Gasteiger partial charge in [-0.15, -0.1) is 0 Å². The fraction of sp³-hybridized carbons (Fsp3) is 0.438. The van der Waals surface area contributed by atoms with E-state index < -0.39 is 0 Å². The van der Waals surface area contributed by atoms with Gasteiger partial charge in [0.05, 0.1) is 6.04 Å². The smallest absolute Gasteiger partial charge is 0.106 e. The van der Waals surface area contributed by atoms with Gasteiger partial charge >= 0.3 is 0 Å². The predicted molar refractivity (Wildman–Crippen MR) is 77.3 cm³/mol. The molecule has 1 N–H and O–H groups in total. The van der Waals surface area contributed by atoms with Crippen molar-refractivity contribution in [2.45, 2.75) is 40.2 Å². The third kappa shape index (κ3) is 3.24. The first kappa shape index (κ1) is 13.8. The molecule has 0 radical (unpaired) electrons. The van der Waals surface area contributed by atoms with Gasteiger partial charge in [-0.25, -0.2) is 0 Å². The first-order valence-electron chi connectivity index (χ1n) is 6.84. The molecule has 2 rings (SSSR count). The molecule has 2 heterocycles. The molecule has 102 valence electrons. The number of nitrogens with one attached hydrogen (secondary N) is 1. The van der Waals surface area contributed by atoms with Crippen LogP contribution in [0, 0.1) is 20.8 Å². The van der Waals surface area contributed by atoms with E-state index in [9.17, 15) is 0 Å². The molecular weight excluding hydrogens is 236 g/mol. The van der Waals surface area contributed by atoms with Crippen molar-refractivity contribution in [3.63, 3.8) is 0 Å². The van der Waals surface area contributed by atoms with E-state index in [-0.39, 0.29) is 6.04 Å². The number of pyridine rings is 1. The van der Waals surface area contributed by atoms with Gasteiger partial charge in [0, 0.05) is 17.5 Å². The lowest BCUT2D eigenvalue weighted by Gasteiger charge is -2.18. The number of furan rings is 1. The van der Waals surface area contributed by atoms with E-state index in [1.807, 2.05) is 27.0 Å². The summed E-state index contributed by atoms with van der Waals surface area (Å²) in [6, 6.07) is 6.46. The summed E-state index contributed by atoms with van der Waals surface area (Å²) < 4.78 is 5.66. The Morgan fingerprint density at radius 3 is 2.58 bits per heavy atom. The number of hydrogen-bond donors (Lipinski definition) is 1. The minimum absolute atomic E-state index is 0.158. The van der Waals surface area contributed by atoms with Crippen molar-refractivity contribution in [3.05, 3.63) is 52.7 Å². The molecule has 2 aromatic rings. The summed E-state index contributed by atoms with van der Waals surface area (Å²) in [6.07, 6.45) is 3.05. The molecule has 19 heavy (non-hydrogen) atoms. The molecule has 1 unspecified atom stereocenters. The number of rotatable bonds is 5. The lowest BCUT2D eigenvalue weighted by molar-refractivity contribution is 0.493. The summed E-state index contributed by atoms with van der Waals surface area (Å²) >= 11 is 0. The highest BCUT2D eigenvalue weighted by Gasteiger charge is 2.18. The molecule has 1 atom stereocenters. The van der Waals surface area contributed by atoms with Gasteiger partial charge in [0.2, 0.25) is 0 Å². The SMILES string of the molecule is CCCNC(c1ccc(C)nc1)c1cc(C)oc1C. The van der Waals surface area contributed by atoms with Crippen LogP contribution < -0.4 is 5.32 Å². The molecule has 0 spiro atoms. The Bertz CT molecular complexity index is 528. The molecule has 2 aromatic heterocycles. The van der Waals surface area contributed by atoms with Crippen molar-refractivity contribution in [3.8, 4) is 0 Å². The van der Waals surface area contributed by atoms with Crippen molar-refractivity contribution in [2.24, 2.45) is 0 Å². The van der Waals surface area contributed by atoms with Crippen LogP contribution in [0.2, 0.25) is 0 Å². The standard InChI is InChI=1S/C16H22N2O/c1-5-8-17-16(14-7-6-11(2)18-10-14)15-9-12(3)19-13(15)4/h6-7,9-10,16-17H,5,8H2,1-4H3. The zero-order chi connectivity index (χ0) is 13.8. The van der Waals surface area contributed by atoms with E-state index in [1.54, 1.807) is 0 Å². The van der Waals surface area contributed by atoms with Crippen molar-refractivity contribution >= 4 is 0 Å². The Morgan fingerprint density at radius 1 is 1.26 bits per heavy atom. The molecule has 0 aliphatic rings. The molecule has 0 bridgehead atoms. The van der Waals surface area contributed by atoms with Crippen LogP contribution in [0.3, 0.4) is 0 Å². The first-order chi connectivity index (χ1) is 9.11. The Kier molecular flexibility index (Phi) is 4.38. The Morgan fingerprint density at radius 2 is 2.05 bits per heavy atom. The van der Waals surface area contributed by atoms with E-state index in [1.165, 1.54) is 11.1 Å². The molecule has 0 saturated heterocycles. The molecule has 0 aliphatic carbocycles. The summed E-state index contributed by atoms with van der Waals surface area (Å²) in [5.41, 5.74) is 3.43. The molecule has 0 saturated carbocycles. The summed E-state index contributed by atoms with van der Waals surface area (Å²) in [5.74, 6) is 1.93. The maximum atomic E-state index is 5.66. The second kappa shape index (κ2) is 6.02. The number of nitrogens with zero attached hydrogens (tertiary/aromatic N) is 1. The van der Waals surface area contributed by atoms with Crippen molar-refractivity contribution in [1.29, 1.82) is 0 Å². The fourth-order valence-corrected chi connectivity index (χ4v) is 2.28. The average Bonchev–Trinajstić information content (AvgIpc) is 2.71. The van der Waals surface area contributed by atoms with Crippen LogP contribution in [-0.2, 0) is 0 Å². The van der Waals surface area contributed by atoms with Crippen LogP contribution in [0.15, 0.2) is 28.8 Å². The third-order valence-electron chi connectivity index (χ3n) is 3.26. The van der Waals surface area contributed by atoms with Gasteiger partial charge in [-0.1, -0.05) is 13.0 Å². The summed E-state index contributed by atoms with van der Waals surface area (Å²) in [6.45, 7) is 9.16. The largest absolute Gasteiger partial charge is 0.466 e. The van der Waals surface area contributed by atoms with E-state index in [4.69, 9.17) is 4.42 Å². The van der Waals surface area contributed by atoms with E-state index in [0.717, 1.165) is 30.2 Å². The van der Waals surface area contributed by atoms with Gasteiger partial charge < -0.3 is 9.73 Å². The van der Waals surface area contributed by atoms with Gasteiger partial charge in [0.25, 0.3) is 0 Å². The molecule has 0 fully saturated rings. The number of aryl methyl sites for hydroxylation is 3. The Balaban J connectivity index is 2.35. The second-order valence-electron chi connectivity index (χ2n) is 4.99. The van der Waals surface area contributed by atoms with Crippen molar-refractivity contribution < 1.29 is 4.42 Å². The third-order valence-corrected chi connectivity index (χ3v) is 3.26. The van der Waals surface area contributed by atoms with E-state index >= 15 is 0 Å². The fourth-order valence-electron chi connectivity index (χ4n) is 2.28. The van der Waals surface area contributed by atoms with Crippen LogP contribution in [0.4, 0.5) is 0 Å². The second-order valence-corrected chi connectivity index (χ2v) is 4.99. The van der Waals surface area contributed by atoms with Gasteiger partial charge in [-0.3, -0.25) is 4.98 Å². The first-order valence-corrected chi connectivity index (χ1v) is 6.84. The van der Waals surface area contributed by atoms with E-state index in [2.05, 4.69) is 35.4 Å². The molecule has 3 nitrogen and oxygen atoms in total. The Hall–Kier alpha value is -1.61. The van der Waals surface area contributed by atoms with Crippen molar-refractivity contribution in [1.82, 2.24) is 10.3 Å². The molecule has 3 heteroatoms. The van der Waals surface area contributed by atoms with Crippen LogP contribution in [0.5, 0.6) is 0 Å². The maximum Gasteiger partial charge on any atom is 0.106 e. The molecule has 0 aliphatic heterocycles. The highest BCUT2D eigenvalue weighted by atomic mass is 16.3. The van der Waals surface area contributed by atoms with Gasteiger partial charge in [-0.05, 0) is 51.4 Å². The summed E-state index contributed by atoms with van der Waals surface area (Å²) in [5, 5.41) is 3.58. The average molecular weight is 258 g/mol. The Labute approximate surface area is 115 Å². The molecular formula is C16H22N2O. The number of hydrogen-bond acceptors (Lipinski definition) is 3. The summed E-state index contributed by atoms with van der Waals surface area (Å²) in [7, 11) is 0. The van der Waals surface area contributed by atoms with E-state index in [0.29, 0.717) is 0 Å². The quantitative estimate of drug-likeness (QED) is 0.889. The van der Waals surface area contributed by atoms with Gasteiger partial charge in [0.15, 0.2) is 0 Å². The van der Waals surface area contributed by atoms with Crippen LogP contribution in [0.25, 0.3) is 0 Å². The van der Waals surface area contributed by atoms with Crippen LogP contribution >= 0.6 is 0 Å². The maximum absolute atomic E-state index is 5.66. The lowest BCUT2D eigenvalue weighted by Crippen LogP contribution is -2.23. The van der Waals surface area contributed by atoms with Crippen LogP contribution in [-0.4, -0.2) is 11.5 Å². The molecule has 0 aromatic carbocycles. The highest BCUT2D eigenvalue weighted by Crippen LogP contribution is 2.27. The van der Waals surface area contributed by atoms with Crippen molar-refractivity contribution in [2.75, 3.05) is 6.54 Å². The topological polar surface area (TPSA) is 38.1 Å². The zero-order valence-corrected chi connectivity index (χ0v) is 12.2.